The van der Waals surface area contributed by atoms with Crippen LogP contribution in [0.1, 0.15) is 35.5 Å². The topological polar surface area (TPSA) is 76.7 Å². The van der Waals surface area contributed by atoms with Crippen molar-refractivity contribution in [2.24, 2.45) is 5.73 Å². The minimum atomic E-state index is -0.610. The molecular formula is C19H20FN5S. The molecule has 0 bridgehead atoms. The van der Waals surface area contributed by atoms with Gasteiger partial charge in [0.05, 0.1) is 16.1 Å². The van der Waals surface area contributed by atoms with Gasteiger partial charge in [0.15, 0.2) is 0 Å². The number of halogens is 1. The van der Waals surface area contributed by atoms with Crippen LogP contribution in [0.25, 0.3) is 10.4 Å². The van der Waals surface area contributed by atoms with Crippen molar-refractivity contribution >= 4 is 23.0 Å². The van der Waals surface area contributed by atoms with Gasteiger partial charge in [-0.3, -0.25) is 0 Å². The van der Waals surface area contributed by atoms with E-state index in [0.29, 0.717) is 11.6 Å². The Morgan fingerprint density at radius 3 is 2.85 bits per heavy atom. The van der Waals surface area contributed by atoms with Crippen LogP contribution in [0.5, 0.6) is 0 Å². The van der Waals surface area contributed by atoms with E-state index in [1.807, 2.05) is 25.3 Å². The van der Waals surface area contributed by atoms with E-state index in [0.717, 1.165) is 39.5 Å². The number of anilines is 2. The first-order valence-electron chi connectivity index (χ1n) is 8.58. The molecule has 7 heteroatoms. The third-order valence-electron chi connectivity index (χ3n) is 4.65. The highest BCUT2D eigenvalue weighted by Gasteiger charge is 2.37. The molecule has 5 nitrogen and oxygen atoms in total. The van der Waals surface area contributed by atoms with Crippen molar-refractivity contribution in [2.75, 3.05) is 5.32 Å². The second-order valence-electron chi connectivity index (χ2n) is 6.76. The minimum Gasteiger partial charge on any atom is -0.324 e. The van der Waals surface area contributed by atoms with E-state index in [4.69, 9.17) is 5.73 Å². The molecule has 0 radical (unpaired) electrons. The van der Waals surface area contributed by atoms with Crippen molar-refractivity contribution in [3.05, 3.63) is 52.9 Å². The number of hydrogen-bond donors (Lipinski definition) is 2. The van der Waals surface area contributed by atoms with Crippen LogP contribution < -0.4 is 11.1 Å². The van der Waals surface area contributed by atoms with Gasteiger partial charge in [-0.1, -0.05) is 6.07 Å². The number of nitrogens with zero attached hydrogens (tertiary/aromatic N) is 3. The lowest BCUT2D eigenvalue weighted by atomic mass is 9.78. The first-order valence-corrected chi connectivity index (χ1v) is 9.39. The normalized spacial score (nSPS) is 15.5. The summed E-state index contributed by atoms with van der Waals surface area (Å²) in [6.45, 7) is 1.42. The van der Waals surface area contributed by atoms with Crippen LogP contribution in [-0.2, 0) is 12.2 Å². The number of nitrogens with two attached hydrogens (primary N) is 1. The number of thiazole rings is 1. The summed E-state index contributed by atoms with van der Waals surface area (Å²) in [5, 5.41) is 4.17. The maximum atomic E-state index is 12.8. The van der Waals surface area contributed by atoms with Gasteiger partial charge in [0.2, 0.25) is 5.95 Å². The molecule has 2 heterocycles. The van der Waals surface area contributed by atoms with Crippen molar-refractivity contribution in [2.45, 2.75) is 38.4 Å². The van der Waals surface area contributed by atoms with Crippen LogP contribution in [0.4, 0.5) is 16.0 Å². The SMILES string of the molecule is Cc1cc(Nc2nccc(CF)n2)cc(-c2cnc(C3(N)CCC3)s2)c1. The number of rotatable bonds is 5. The van der Waals surface area contributed by atoms with Gasteiger partial charge in [-0.2, -0.15) is 0 Å². The lowest BCUT2D eigenvalue weighted by Gasteiger charge is -2.35. The van der Waals surface area contributed by atoms with E-state index < -0.39 is 6.67 Å². The Hall–Kier alpha value is -2.38. The van der Waals surface area contributed by atoms with E-state index in [1.165, 1.54) is 6.42 Å². The van der Waals surface area contributed by atoms with Crippen LogP contribution in [-0.4, -0.2) is 15.0 Å². The number of aromatic nitrogens is 3. The number of hydrogen-bond acceptors (Lipinski definition) is 6. The third kappa shape index (κ3) is 3.32. The number of alkyl halides is 1. The van der Waals surface area contributed by atoms with E-state index >= 15 is 0 Å². The van der Waals surface area contributed by atoms with Crippen molar-refractivity contribution < 1.29 is 4.39 Å². The molecule has 0 amide bonds. The highest BCUT2D eigenvalue weighted by atomic mass is 32.1. The maximum Gasteiger partial charge on any atom is 0.227 e. The molecule has 1 aliphatic carbocycles. The standard InChI is InChI=1S/C19H20FN5S/c1-12-7-13(16-11-23-17(26-16)19(21)4-2-5-19)9-15(8-12)25-18-22-6-3-14(10-20)24-18/h3,6-9,11H,2,4-5,10,21H2,1H3,(H,22,24,25). The van der Waals surface area contributed by atoms with Crippen LogP contribution >= 0.6 is 11.3 Å². The zero-order valence-corrected chi connectivity index (χ0v) is 15.3. The average Bonchev–Trinajstić information content (AvgIpc) is 3.10. The summed E-state index contributed by atoms with van der Waals surface area (Å²) in [5.41, 5.74) is 9.54. The fraction of sp³-hybridized carbons (Fsp3) is 0.316. The zero-order valence-electron chi connectivity index (χ0n) is 14.5. The third-order valence-corrected chi connectivity index (χ3v) is 5.91. The Morgan fingerprint density at radius 2 is 2.12 bits per heavy atom. The summed E-state index contributed by atoms with van der Waals surface area (Å²) in [6.07, 6.45) is 6.62. The highest BCUT2D eigenvalue weighted by molar-refractivity contribution is 7.15. The largest absolute Gasteiger partial charge is 0.324 e. The molecular weight excluding hydrogens is 349 g/mol. The summed E-state index contributed by atoms with van der Waals surface area (Å²) in [6, 6.07) is 7.72. The van der Waals surface area contributed by atoms with Crippen LogP contribution in [0.2, 0.25) is 0 Å². The summed E-state index contributed by atoms with van der Waals surface area (Å²) in [5.74, 6) is 0.386. The second kappa shape index (κ2) is 6.74. The Morgan fingerprint density at radius 1 is 1.27 bits per heavy atom. The Balaban J connectivity index is 1.62. The molecule has 2 aromatic heterocycles. The lowest BCUT2D eigenvalue weighted by molar-refractivity contribution is 0.253. The van der Waals surface area contributed by atoms with Gasteiger partial charge in [-0.05, 0) is 55.5 Å². The molecule has 0 saturated heterocycles. The van der Waals surface area contributed by atoms with E-state index in [2.05, 4.69) is 26.3 Å². The molecule has 26 heavy (non-hydrogen) atoms. The number of benzene rings is 1. The molecule has 1 fully saturated rings. The smallest absolute Gasteiger partial charge is 0.227 e. The van der Waals surface area contributed by atoms with Crippen LogP contribution in [0, 0.1) is 6.92 Å². The predicted octanol–water partition coefficient (Wildman–Crippen LogP) is 4.46. The Kier molecular flexibility index (Phi) is 4.42. The van der Waals surface area contributed by atoms with Crippen LogP contribution in [0.3, 0.4) is 0 Å². The summed E-state index contributed by atoms with van der Waals surface area (Å²) < 4.78 is 12.8. The first kappa shape index (κ1) is 17.1. The van der Waals surface area contributed by atoms with Gasteiger partial charge in [-0.15, -0.1) is 11.3 Å². The summed E-state index contributed by atoms with van der Waals surface area (Å²) >= 11 is 1.65. The van der Waals surface area contributed by atoms with Crippen molar-refractivity contribution in [1.29, 1.82) is 0 Å². The van der Waals surface area contributed by atoms with Crippen molar-refractivity contribution in [3.8, 4) is 10.4 Å². The Labute approximate surface area is 155 Å². The fourth-order valence-corrected chi connectivity index (χ4v) is 4.13. The van der Waals surface area contributed by atoms with Gasteiger partial charge in [0, 0.05) is 18.1 Å². The average molecular weight is 369 g/mol. The molecule has 134 valence electrons. The van der Waals surface area contributed by atoms with Gasteiger partial charge in [-0.25, -0.2) is 19.3 Å². The molecule has 4 rings (SSSR count). The molecule has 1 aliphatic rings. The van der Waals surface area contributed by atoms with Crippen molar-refractivity contribution in [1.82, 2.24) is 15.0 Å². The molecule has 1 aromatic carbocycles. The summed E-state index contributed by atoms with van der Waals surface area (Å²) in [7, 11) is 0. The number of nitrogens with one attached hydrogen (secondary N) is 1. The molecule has 1 saturated carbocycles. The highest BCUT2D eigenvalue weighted by Crippen LogP contribution is 2.42. The van der Waals surface area contributed by atoms with E-state index in [9.17, 15) is 4.39 Å². The Bertz CT molecular complexity index is 935. The van der Waals surface area contributed by atoms with E-state index in [-0.39, 0.29) is 5.54 Å². The molecule has 3 aromatic rings. The fourth-order valence-electron chi connectivity index (χ4n) is 3.07. The van der Waals surface area contributed by atoms with Crippen molar-refractivity contribution in [3.63, 3.8) is 0 Å². The van der Waals surface area contributed by atoms with Gasteiger partial charge in [0.25, 0.3) is 0 Å². The second-order valence-corrected chi connectivity index (χ2v) is 7.79. The zero-order chi connectivity index (χ0) is 18.1. The molecule has 0 unspecified atom stereocenters. The quantitative estimate of drug-likeness (QED) is 0.694. The van der Waals surface area contributed by atoms with Crippen LogP contribution in [0.15, 0.2) is 36.7 Å². The minimum absolute atomic E-state index is 0.242. The molecule has 3 N–H and O–H groups in total. The maximum absolute atomic E-state index is 12.8. The van der Waals surface area contributed by atoms with Gasteiger partial charge >= 0.3 is 0 Å². The molecule has 0 aliphatic heterocycles. The molecule has 0 spiro atoms. The monoisotopic (exact) mass is 369 g/mol. The first-order chi connectivity index (χ1) is 12.6. The summed E-state index contributed by atoms with van der Waals surface area (Å²) in [4.78, 5) is 13.9. The molecule has 0 atom stereocenters. The lowest BCUT2D eigenvalue weighted by Crippen LogP contribution is -2.43. The number of aryl methyl sites for hydroxylation is 1. The van der Waals surface area contributed by atoms with E-state index in [1.54, 1.807) is 23.6 Å². The van der Waals surface area contributed by atoms with Gasteiger partial charge in [0.1, 0.15) is 11.7 Å². The van der Waals surface area contributed by atoms with Gasteiger partial charge < -0.3 is 11.1 Å². The predicted molar refractivity (Wildman–Crippen MR) is 102 cm³/mol.